The molecule has 1 aliphatic heterocycles. The number of ether oxygens (including phenoxy) is 2. The predicted octanol–water partition coefficient (Wildman–Crippen LogP) is 2.54. The average Bonchev–Trinajstić information content (AvgIpc) is 3.20. The minimum atomic E-state index is 0.499. The summed E-state index contributed by atoms with van der Waals surface area (Å²) in [5.41, 5.74) is 1.42. The van der Waals surface area contributed by atoms with Gasteiger partial charge >= 0.3 is 0 Å². The van der Waals surface area contributed by atoms with E-state index in [9.17, 15) is 0 Å². The van der Waals surface area contributed by atoms with Crippen molar-refractivity contribution >= 4 is 5.96 Å². The Hall–Kier alpha value is -1.59. The summed E-state index contributed by atoms with van der Waals surface area (Å²) < 4.78 is 11.1. The van der Waals surface area contributed by atoms with Gasteiger partial charge in [-0.15, -0.1) is 0 Å². The highest BCUT2D eigenvalue weighted by Crippen LogP contribution is 2.40. The first-order chi connectivity index (χ1) is 12.4. The smallest absolute Gasteiger partial charge is 0.191 e. The quantitative estimate of drug-likeness (QED) is 0.410. The standard InChI is InChI=1S/C20H31N3O2/c1-2-21-20(22-10-6-11-24-14-16-9-12-25-15-16)23-19-13-18(19)17-7-4-3-5-8-17/h3-5,7-8,16,18-19H,2,6,9-15H2,1H3,(H2,21,22,23). The van der Waals surface area contributed by atoms with E-state index in [0.29, 0.717) is 17.9 Å². The molecule has 3 atom stereocenters. The Kier molecular flexibility index (Phi) is 7.12. The third-order valence-electron chi connectivity index (χ3n) is 4.78. The molecular weight excluding hydrogens is 314 g/mol. The second kappa shape index (κ2) is 9.78. The van der Waals surface area contributed by atoms with Crippen LogP contribution in [-0.2, 0) is 9.47 Å². The van der Waals surface area contributed by atoms with Crippen LogP contribution in [0.15, 0.2) is 35.3 Å². The van der Waals surface area contributed by atoms with Gasteiger partial charge in [0.1, 0.15) is 0 Å². The van der Waals surface area contributed by atoms with Crippen LogP contribution in [0.25, 0.3) is 0 Å². The first kappa shape index (κ1) is 18.2. The molecule has 1 aromatic carbocycles. The van der Waals surface area contributed by atoms with Crippen LogP contribution in [0.4, 0.5) is 0 Å². The van der Waals surface area contributed by atoms with Gasteiger partial charge in [0.15, 0.2) is 5.96 Å². The molecule has 0 spiro atoms. The first-order valence-electron chi connectivity index (χ1n) is 9.62. The Morgan fingerprint density at radius 1 is 1.32 bits per heavy atom. The fourth-order valence-electron chi connectivity index (χ4n) is 3.24. The molecule has 25 heavy (non-hydrogen) atoms. The van der Waals surface area contributed by atoms with Crippen molar-refractivity contribution in [1.29, 1.82) is 0 Å². The third kappa shape index (κ3) is 6.01. The number of nitrogens with one attached hydrogen (secondary N) is 2. The highest BCUT2D eigenvalue weighted by atomic mass is 16.5. The Balaban J connectivity index is 1.34. The number of hydrogen-bond acceptors (Lipinski definition) is 3. The van der Waals surface area contributed by atoms with Gasteiger partial charge in [-0.1, -0.05) is 30.3 Å². The Morgan fingerprint density at radius 2 is 2.20 bits per heavy atom. The zero-order chi connectivity index (χ0) is 17.3. The van der Waals surface area contributed by atoms with Crippen LogP contribution in [0, 0.1) is 5.92 Å². The zero-order valence-electron chi connectivity index (χ0n) is 15.2. The molecule has 1 saturated carbocycles. The van der Waals surface area contributed by atoms with Crippen LogP contribution in [0.1, 0.15) is 37.7 Å². The van der Waals surface area contributed by atoms with Crippen LogP contribution in [-0.4, -0.2) is 51.5 Å². The van der Waals surface area contributed by atoms with E-state index in [1.54, 1.807) is 0 Å². The maximum atomic E-state index is 5.74. The maximum Gasteiger partial charge on any atom is 0.191 e. The molecule has 0 aromatic heterocycles. The summed E-state index contributed by atoms with van der Waals surface area (Å²) in [6.07, 6.45) is 3.27. The molecule has 1 aromatic rings. The molecule has 0 bridgehead atoms. The lowest BCUT2D eigenvalue weighted by Crippen LogP contribution is -2.39. The van der Waals surface area contributed by atoms with E-state index in [4.69, 9.17) is 9.47 Å². The lowest BCUT2D eigenvalue weighted by atomic mass is 10.1. The van der Waals surface area contributed by atoms with Crippen molar-refractivity contribution in [3.05, 3.63) is 35.9 Å². The van der Waals surface area contributed by atoms with Gasteiger partial charge in [0.25, 0.3) is 0 Å². The van der Waals surface area contributed by atoms with E-state index in [0.717, 1.165) is 58.3 Å². The molecule has 3 unspecified atom stereocenters. The third-order valence-corrected chi connectivity index (χ3v) is 4.78. The highest BCUT2D eigenvalue weighted by Gasteiger charge is 2.38. The summed E-state index contributed by atoms with van der Waals surface area (Å²) in [5, 5.41) is 6.90. The van der Waals surface area contributed by atoms with E-state index < -0.39 is 0 Å². The number of nitrogens with zero attached hydrogens (tertiary/aromatic N) is 1. The molecule has 2 N–H and O–H groups in total. The fraction of sp³-hybridized carbons (Fsp3) is 0.650. The summed E-state index contributed by atoms with van der Waals surface area (Å²) >= 11 is 0. The number of rotatable bonds is 9. The van der Waals surface area contributed by atoms with E-state index in [1.165, 1.54) is 12.0 Å². The van der Waals surface area contributed by atoms with E-state index in [2.05, 4.69) is 52.9 Å². The maximum absolute atomic E-state index is 5.74. The summed E-state index contributed by atoms with van der Waals surface area (Å²) in [7, 11) is 0. The molecule has 1 saturated heterocycles. The number of guanidine groups is 1. The lowest BCUT2D eigenvalue weighted by molar-refractivity contribution is 0.0893. The molecule has 5 nitrogen and oxygen atoms in total. The van der Waals surface area contributed by atoms with Gasteiger partial charge in [-0.2, -0.15) is 0 Å². The fourth-order valence-corrected chi connectivity index (χ4v) is 3.24. The average molecular weight is 345 g/mol. The number of hydrogen-bond donors (Lipinski definition) is 2. The zero-order valence-corrected chi connectivity index (χ0v) is 15.2. The second-order valence-corrected chi connectivity index (χ2v) is 6.92. The van der Waals surface area contributed by atoms with Gasteiger partial charge < -0.3 is 20.1 Å². The van der Waals surface area contributed by atoms with Gasteiger partial charge in [-0.3, -0.25) is 4.99 Å². The van der Waals surface area contributed by atoms with Gasteiger partial charge in [0, 0.05) is 44.2 Å². The van der Waals surface area contributed by atoms with Gasteiger partial charge in [0.2, 0.25) is 0 Å². The van der Waals surface area contributed by atoms with E-state index in [-0.39, 0.29) is 0 Å². The number of aliphatic imine (C=N–C) groups is 1. The second-order valence-electron chi connectivity index (χ2n) is 6.92. The van der Waals surface area contributed by atoms with E-state index in [1.807, 2.05) is 0 Å². The molecule has 0 radical (unpaired) electrons. The minimum Gasteiger partial charge on any atom is -0.381 e. The van der Waals surface area contributed by atoms with Crippen molar-refractivity contribution in [2.24, 2.45) is 10.9 Å². The van der Waals surface area contributed by atoms with Crippen LogP contribution < -0.4 is 10.6 Å². The van der Waals surface area contributed by atoms with Crippen LogP contribution in [0.5, 0.6) is 0 Å². The Morgan fingerprint density at radius 3 is 2.96 bits per heavy atom. The molecule has 1 aliphatic carbocycles. The normalized spacial score (nSPS) is 25.8. The lowest BCUT2D eigenvalue weighted by Gasteiger charge is -2.12. The van der Waals surface area contributed by atoms with Gasteiger partial charge in [0.05, 0.1) is 13.2 Å². The van der Waals surface area contributed by atoms with Crippen LogP contribution in [0.2, 0.25) is 0 Å². The summed E-state index contributed by atoms with van der Waals surface area (Å²) in [6.45, 7) is 7.12. The molecule has 138 valence electrons. The van der Waals surface area contributed by atoms with Gasteiger partial charge in [-0.05, 0) is 31.7 Å². The highest BCUT2D eigenvalue weighted by molar-refractivity contribution is 5.80. The molecule has 0 amide bonds. The topological polar surface area (TPSA) is 54.9 Å². The van der Waals surface area contributed by atoms with Crippen molar-refractivity contribution in [2.75, 3.05) is 39.5 Å². The predicted molar refractivity (Wildman–Crippen MR) is 101 cm³/mol. The van der Waals surface area contributed by atoms with Crippen molar-refractivity contribution in [3.63, 3.8) is 0 Å². The van der Waals surface area contributed by atoms with Crippen molar-refractivity contribution in [3.8, 4) is 0 Å². The van der Waals surface area contributed by atoms with Gasteiger partial charge in [-0.25, -0.2) is 0 Å². The summed E-state index contributed by atoms with van der Waals surface area (Å²) in [5.74, 6) is 2.13. The molecule has 2 aliphatic rings. The molecular formula is C20H31N3O2. The Labute approximate surface area is 151 Å². The minimum absolute atomic E-state index is 0.499. The van der Waals surface area contributed by atoms with Crippen molar-refractivity contribution < 1.29 is 9.47 Å². The molecule has 2 fully saturated rings. The summed E-state index contributed by atoms with van der Waals surface area (Å²) in [6, 6.07) is 11.2. The van der Waals surface area contributed by atoms with E-state index >= 15 is 0 Å². The molecule has 5 heteroatoms. The summed E-state index contributed by atoms with van der Waals surface area (Å²) in [4.78, 5) is 4.68. The Bertz CT molecular complexity index is 529. The van der Waals surface area contributed by atoms with Crippen molar-refractivity contribution in [1.82, 2.24) is 10.6 Å². The largest absolute Gasteiger partial charge is 0.381 e. The first-order valence-corrected chi connectivity index (χ1v) is 9.62. The van der Waals surface area contributed by atoms with Crippen molar-refractivity contribution in [2.45, 2.75) is 38.1 Å². The number of benzene rings is 1. The SMILES string of the molecule is CCNC(=NCCCOCC1CCOC1)NC1CC1c1ccccc1. The van der Waals surface area contributed by atoms with Crippen LogP contribution in [0.3, 0.4) is 0 Å². The molecule has 1 heterocycles. The van der Waals surface area contributed by atoms with Crippen LogP contribution >= 0.6 is 0 Å². The molecule has 3 rings (SSSR count). The monoisotopic (exact) mass is 345 g/mol.